The molecule has 3 nitrogen and oxygen atoms in total. The number of fused-ring (bicyclic) bond motifs is 1. The number of aliphatic hydroxyl groups is 1. The summed E-state index contributed by atoms with van der Waals surface area (Å²) in [5, 5.41) is 9.22. The number of allylic oxidation sites excluding steroid dienone is 1. The number of aliphatic hydroxyl groups excluding tert-OH is 1. The van der Waals surface area contributed by atoms with Crippen LogP contribution in [-0.4, -0.2) is 28.1 Å². The van der Waals surface area contributed by atoms with Crippen molar-refractivity contribution < 1.29 is 26.9 Å². The molecule has 1 aromatic rings. The van der Waals surface area contributed by atoms with Gasteiger partial charge in [-0.25, -0.2) is 0 Å². The summed E-state index contributed by atoms with van der Waals surface area (Å²) >= 11 is -4.00. The molecule has 2 rings (SSSR count). The van der Waals surface area contributed by atoms with Gasteiger partial charge in [-0.1, -0.05) is 0 Å². The molecular weight excluding hydrogens is 412 g/mol. The van der Waals surface area contributed by atoms with Gasteiger partial charge in [-0.15, -0.1) is 24.8 Å². The first-order valence-corrected chi connectivity index (χ1v) is 15.4. The molecule has 1 aromatic carbocycles. The summed E-state index contributed by atoms with van der Waals surface area (Å²) in [7, 11) is 0. The maximum absolute atomic E-state index is 9.22. The zero-order valence-electron chi connectivity index (χ0n) is 14.3. The van der Waals surface area contributed by atoms with Crippen molar-refractivity contribution in [3.63, 3.8) is 0 Å². The Morgan fingerprint density at radius 3 is 2.43 bits per heavy atom. The van der Waals surface area contributed by atoms with Crippen molar-refractivity contribution in [1.82, 2.24) is 3.26 Å². The summed E-state index contributed by atoms with van der Waals surface area (Å²) in [5.74, 6) is 0. The van der Waals surface area contributed by atoms with Crippen molar-refractivity contribution in [2.24, 2.45) is 0 Å². The number of hydrogen-bond acceptors (Lipinski definition) is 3. The minimum atomic E-state index is -4.00. The quantitative estimate of drug-likeness (QED) is 0.726. The average Bonchev–Trinajstić information content (AvgIpc) is 2.79. The Labute approximate surface area is 154 Å². The van der Waals surface area contributed by atoms with E-state index in [1.54, 1.807) is 0 Å². The zero-order valence-corrected chi connectivity index (χ0v) is 18.4. The van der Waals surface area contributed by atoms with E-state index in [9.17, 15) is 5.11 Å². The maximum atomic E-state index is 9.22. The first-order valence-electron chi connectivity index (χ1n) is 7.52. The fourth-order valence-corrected chi connectivity index (χ4v) is 15.2. The van der Waals surface area contributed by atoms with Gasteiger partial charge in [0.05, 0.1) is 0 Å². The van der Waals surface area contributed by atoms with Gasteiger partial charge in [0.25, 0.3) is 0 Å². The van der Waals surface area contributed by atoms with Crippen LogP contribution >= 0.6 is 24.8 Å². The van der Waals surface area contributed by atoms with Crippen LogP contribution in [0.25, 0.3) is 6.08 Å². The summed E-state index contributed by atoms with van der Waals surface area (Å²) < 4.78 is 17.0. The van der Waals surface area contributed by atoms with Crippen molar-refractivity contribution >= 4 is 35.1 Å². The van der Waals surface area contributed by atoms with E-state index in [0.717, 1.165) is 0 Å². The second kappa shape index (κ2) is 8.03. The fourth-order valence-electron chi connectivity index (χ4n) is 3.45. The third-order valence-electron chi connectivity index (χ3n) is 3.92. The molecule has 0 spiro atoms. The molecule has 0 amide bonds. The first-order chi connectivity index (χ1) is 9.65. The zero-order chi connectivity index (χ0) is 15.8. The second-order valence-electron chi connectivity index (χ2n) is 7.40. The van der Waals surface area contributed by atoms with E-state index in [1.165, 1.54) is 11.1 Å². The van der Waals surface area contributed by atoms with E-state index in [-0.39, 0.29) is 40.6 Å². The molecule has 23 heavy (non-hydrogen) atoms. The SMILES string of the molecule is Cl.Cl.[CH2]=[Zr]([CH3])([NH]C(C)(C)C)([O]CCO)[CH]1C=Cc2ccccc21. The van der Waals surface area contributed by atoms with Crippen molar-refractivity contribution in [2.45, 2.75) is 34.6 Å². The van der Waals surface area contributed by atoms with Crippen LogP contribution < -0.4 is 3.26 Å². The molecule has 1 aliphatic rings. The van der Waals surface area contributed by atoms with E-state index in [4.69, 9.17) is 2.81 Å². The van der Waals surface area contributed by atoms with Crippen LogP contribution in [0.2, 0.25) is 4.63 Å². The van der Waals surface area contributed by atoms with E-state index < -0.39 is 19.0 Å². The normalized spacial score (nSPS) is 17.2. The van der Waals surface area contributed by atoms with Gasteiger partial charge in [0.1, 0.15) is 0 Å². The summed E-state index contributed by atoms with van der Waals surface area (Å²) in [6.45, 7) is 6.78. The monoisotopic (exact) mass is 439 g/mol. The predicted molar refractivity (Wildman–Crippen MR) is 102 cm³/mol. The number of rotatable bonds is 5. The van der Waals surface area contributed by atoms with Crippen LogP contribution in [0.3, 0.4) is 0 Å². The number of halogens is 2. The molecule has 0 radical (unpaired) electrons. The van der Waals surface area contributed by atoms with Crippen LogP contribution in [0.5, 0.6) is 0 Å². The van der Waals surface area contributed by atoms with Crippen molar-refractivity contribution in [1.29, 1.82) is 0 Å². The Hall–Kier alpha value is 0.173. The summed E-state index contributed by atoms with van der Waals surface area (Å²) in [6, 6.07) is 8.41. The van der Waals surface area contributed by atoms with Gasteiger partial charge in [0.15, 0.2) is 0 Å². The van der Waals surface area contributed by atoms with Gasteiger partial charge in [-0.3, -0.25) is 0 Å². The van der Waals surface area contributed by atoms with Gasteiger partial charge in [0, 0.05) is 0 Å². The van der Waals surface area contributed by atoms with E-state index in [2.05, 4.69) is 69.3 Å². The minimum absolute atomic E-state index is 0. The predicted octanol–water partition coefficient (Wildman–Crippen LogP) is 3.99. The van der Waals surface area contributed by atoms with E-state index in [1.807, 2.05) is 0 Å². The molecule has 1 unspecified atom stereocenters. The first kappa shape index (κ1) is 23.2. The summed E-state index contributed by atoms with van der Waals surface area (Å²) in [5.41, 5.74) is 2.45. The third-order valence-corrected chi connectivity index (χ3v) is 15.1. The molecule has 0 fully saturated rings. The van der Waals surface area contributed by atoms with E-state index >= 15 is 0 Å². The van der Waals surface area contributed by atoms with Gasteiger partial charge in [0.2, 0.25) is 0 Å². The molecule has 0 bridgehead atoms. The van der Waals surface area contributed by atoms with E-state index in [0.29, 0.717) is 6.61 Å². The van der Waals surface area contributed by atoms with Crippen LogP contribution in [0, 0.1) is 0 Å². The van der Waals surface area contributed by atoms with Crippen LogP contribution in [0.4, 0.5) is 0 Å². The third kappa shape index (κ3) is 5.32. The summed E-state index contributed by atoms with van der Waals surface area (Å²) in [4.78, 5) is 0. The van der Waals surface area contributed by atoms with Crippen LogP contribution in [-0.2, 0) is 21.8 Å². The molecule has 1 atom stereocenters. The molecule has 2 N–H and O–H groups in total. The fraction of sp³-hybridized carbons (Fsp3) is 0.471. The van der Waals surface area contributed by atoms with Crippen molar-refractivity contribution in [3.05, 3.63) is 41.5 Å². The van der Waals surface area contributed by atoms with Crippen LogP contribution in [0.15, 0.2) is 30.3 Å². The molecule has 0 saturated heterocycles. The molecule has 0 aliphatic heterocycles. The Morgan fingerprint density at radius 2 is 1.87 bits per heavy atom. The topological polar surface area (TPSA) is 41.5 Å². The van der Waals surface area contributed by atoms with Crippen LogP contribution in [0.1, 0.15) is 35.5 Å². The van der Waals surface area contributed by atoms with Gasteiger partial charge >= 0.3 is 130 Å². The molecule has 0 heterocycles. The van der Waals surface area contributed by atoms with Crippen molar-refractivity contribution in [2.75, 3.05) is 13.2 Å². The molecule has 6 heteroatoms. The molecule has 1 aliphatic carbocycles. The van der Waals surface area contributed by atoms with Gasteiger partial charge in [-0.05, 0) is 0 Å². The standard InChI is InChI=1S/C9H7.C4H10N.C2H5O2.CH3.CH2.2ClH.Zr/c1-2-5-9-7-3-6-8(9)4-1;1-4(2,3)5;3-1-2-4;;;;;/h1-7H;5H,1-3H3;3H,1-2H2;1H3;1H2;2*1H;/q;2*-1;;;;;+2. The van der Waals surface area contributed by atoms with Crippen molar-refractivity contribution in [3.8, 4) is 0 Å². The number of nitrogens with one attached hydrogen (secondary N) is 1. The Bertz CT molecular complexity index is 625. The Kier molecular flexibility index (Phi) is 8.10. The molecule has 0 aromatic heterocycles. The Morgan fingerprint density at radius 1 is 1.26 bits per heavy atom. The van der Waals surface area contributed by atoms with Gasteiger partial charge in [-0.2, -0.15) is 0 Å². The number of hydrogen-bond donors (Lipinski definition) is 2. The summed E-state index contributed by atoms with van der Waals surface area (Å²) in [6.07, 6.45) is 4.38. The average molecular weight is 442 g/mol. The molecule has 0 saturated carbocycles. The number of benzene rings is 1. The molecule has 132 valence electrons. The Balaban J connectivity index is 0.00000242. The van der Waals surface area contributed by atoms with Gasteiger partial charge < -0.3 is 0 Å². The second-order valence-corrected chi connectivity index (χ2v) is 20.0. The molecular formula is C17H29Cl2NO2Zr.